The maximum atomic E-state index is 11.1. The third kappa shape index (κ3) is 1.26. The van der Waals surface area contributed by atoms with Crippen LogP contribution in [-0.2, 0) is 19.0 Å². The molecule has 1 saturated heterocycles. The van der Waals surface area contributed by atoms with Crippen LogP contribution in [0, 0.1) is 11.3 Å². The predicted octanol–water partition coefficient (Wildman–Crippen LogP) is -0.000900. The van der Waals surface area contributed by atoms with Crippen molar-refractivity contribution in [2.45, 2.75) is 6.42 Å². The molecule has 70 valence electrons. The van der Waals surface area contributed by atoms with Gasteiger partial charge in [-0.3, -0.25) is 4.18 Å². The minimum Gasteiger partial charge on any atom is -0.381 e. The van der Waals surface area contributed by atoms with Crippen LogP contribution < -0.4 is 0 Å². The Labute approximate surface area is 72.0 Å². The molecule has 5 heteroatoms. The highest BCUT2D eigenvalue weighted by molar-refractivity contribution is 7.86. The van der Waals surface area contributed by atoms with Gasteiger partial charge >= 0.3 is 0 Å². The predicted molar refractivity (Wildman–Crippen MR) is 42.2 cm³/mol. The van der Waals surface area contributed by atoms with E-state index in [4.69, 9.17) is 4.74 Å². The zero-order chi connectivity index (χ0) is 8.82. The second-order valence-electron chi connectivity index (χ2n) is 3.65. The van der Waals surface area contributed by atoms with Crippen molar-refractivity contribution in [3.8, 4) is 0 Å². The van der Waals surface area contributed by atoms with Crippen LogP contribution in [0.15, 0.2) is 0 Å². The zero-order valence-electron chi connectivity index (χ0n) is 6.95. The maximum absolute atomic E-state index is 11.1. The van der Waals surface area contributed by atoms with E-state index in [0.717, 1.165) is 13.0 Å². The molecule has 2 fully saturated rings. The summed E-state index contributed by atoms with van der Waals surface area (Å²) in [5.41, 5.74) is -0.0884. The van der Waals surface area contributed by atoms with E-state index in [2.05, 4.69) is 4.18 Å². The summed E-state index contributed by atoms with van der Waals surface area (Å²) in [6.45, 7) is 1.31. The van der Waals surface area contributed by atoms with E-state index in [1.54, 1.807) is 0 Å². The van der Waals surface area contributed by atoms with Crippen molar-refractivity contribution in [2.24, 2.45) is 11.3 Å². The lowest BCUT2D eigenvalue weighted by atomic mass is 10.1. The largest absolute Gasteiger partial charge is 0.381 e. The summed E-state index contributed by atoms with van der Waals surface area (Å²) in [6, 6.07) is 0. The van der Waals surface area contributed by atoms with Gasteiger partial charge in [-0.05, 0) is 12.3 Å². The van der Waals surface area contributed by atoms with Gasteiger partial charge in [0.25, 0.3) is 10.1 Å². The molecule has 12 heavy (non-hydrogen) atoms. The van der Waals surface area contributed by atoms with Crippen LogP contribution in [0.25, 0.3) is 0 Å². The van der Waals surface area contributed by atoms with Crippen LogP contribution in [0.5, 0.6) is 0 Å². The fourth-order valence-corrected chi connectivity index (χ4v) is 3.14. The number of hydrogen-bond acceptors (Lipinski definition) is 4. The number of fused-ring (bicyclic) bond motifs is 1. The van der Waals surface area contributed by atoms with E-state index < -0.39 is 10.1 Å². The second kappa shape index (κ2) is 2.43. The van der Waals surface area contributed by atoms with Crippen molar-refractivity contribution >= 4 is 10.1 Å². The van der Waals surface area contributed by atoms with Gasteiger partial charge in [0, 0.05) is 5.41 Å². The molecule has 2 rings (SSSR count). The average Bonchev–Trinajstić information content (AvgIpc) is 2.52. The molecule has 0 amide bonds. The number of rotatable bonds is 3. The molecule has 0 aromatic heterocycles. The summed E-state index contributed by atoms with van der Waals surface area (Å²) in [4.78, 5) is 0. The maximum Gasteiger partial charge on any atom is 0.267 e. The monoisotopic (exact) mass is 192 g/mol. The van der Waals surface area contributed by atoms with Gasteiger partial charge in [0.1, 0.15) is 0 Å². The Balaban J connectivity index is 2.05. The topological polar surface area (TPSA) is 52.6 Å². The summed E-state index contributed by atoms with van der Waals surface area (Å²) >= 11 is 0. The minimum absolute atomic E-state index is 0.0884. The van der Waals surface area contributed by atoms with Crippen LogP contribution in [0.1, 0.15) is 6.42 Å². The van der Waals surface area contributed by atoms with E-state index >= 15 is 0 Å². The molecule has 1 aliphatic heterocycles. The van der Waals surface area contributed by atoms with E-state index in [9.17, 15) is 8.42 Å². The molecule has 1 aliphatic carbocycles. The highest BCUT2D eigenvalue weighted by atomic mass is 32.2. The first-order chi connectivity index (χ1) is 5.58. The fourth-order valence-electron chi connectivity index (χ4n) is 1.88. The highest BCUT2D eigenvalue weighted by Crippen LogP contribution is 2.57. The quantitative estimate of drug-likeness (QED) is 0.591. The zero-order valence-corrected chi connectivity index (χ0v) is 7.76. The molecule has 2 atom stereocenters. The average molecular weight is 192 g/mol. The minimum atomic E-state index is -3.30. The van der Waals surface area contributed by atoms with Gasteiger partial charge in [-0.25, -0.2) is 0 Å². The first-order valence-corrected chi connectivity index (χ1v) is 5.52. The molecule has 0 N–H and O–H groups in total. The lowest BCUT2D eigenvalue weighted by molar-refractivity contribution is 0.150. The first kappa shape index (κ1) is 8.47. The van der Waals surface area contributed by atoms with Crippen LogP contribution in [0.2, 0.25) is 0 Å². The Hall–Kier alpha value is -0.130. The van der Waals surface area contributed by atoms with E-state index in [-0.39, 0.29) is 11.2 Å². The Morgan fingerprint density at radius 2 is 2.42 bits per heavy atom. The number of hydrogen-bond donors (Lipinski definition) is 0. The molecule has 0 aromatic carbocycles. The highest BCUT2D eigenvalue weighted by Gasteiger charge is 2.60. The van der Waals surface area contributed by atoms with Crippen molar-refractivity contribution in [1.29, 1.82) is 0 Å². The van der Waals surface area contributed by atoms with Gasteiger partial charge in [0.15, 0.2) is 0 Å². The van der Waals surface area contributed by atoms with Crippen molar-refractivity contribution in [3.63, 3.8) is 0 Å². The molecule has 1 heterocycles. The first-order valence-electron chi connectivity index (χ1n) is 3.94. The van der Waals surface area contributed by atoms with Crippen molar-refractivity contribution in [3.05, 3.63) is 0 Å². The van der Waals surface area contributed by atoms with Crippen molar-refractivity contribution < 1.29 is 17.3 Å². The summed E-state index contributed by atoms with van der Waals surface area (Å²) < 4.78 is 31.8. The van der Waals surface area contributed by atoms with Crippen molar-refractivity contribution in [1.82, 2.24) is 0 Å². The summed E-state index contributed by atoms with van der Waals surface area (Å²) in [5, 5.41) is 0. The molecular weight excluding hydrogens is 180 g/mol. The summed E-state index contributed by atoms with van der Waals surface area (Å²) in [7, 11) is -2.09. The molecule has 2 aliphatic rings. The van der Waals surface area contributed by atoms with Gasteiger partial charge in [0.2, 0.25) is 0 Å². The third-order valence-corrected chi connectivity index (χ3v) is 4.22. The fraction of sp³-hybridized carbons (Fsp3) is 1.00. The van der Waals surface area contributed by atoms with Gasteiger partial charge < -0.3 is 4.74 Å². The summed E-state index contributed by atoms with van der Waals surface area (Å²) in [5.74, 6) is 0.587. The normalized spacial score (nSPS) is 39.6. The van der Waals surface area contributed by atoms with Crippen LogP contribution in [0.3, 0.4) is 0 Å². The molecule has 4 nitrogen and oxygen atoms in total. The van der Waals surface area contributed by atoms with E-state index in [1.807, 2.05) is 0 Å². The third-order valence-electron chi connectivity index (χ3n) is 2.79. The Bertz CT molecular complexity index is 284. The Morgan fingerprint density at radius 3 is 2.83 bits per heavy atom. The second-order valence-corrected chi connectivity index (χ2v) is 5.38. The molecular formula is C7H12O4S. The SMILES string of the molecule is COS(=O)(=O)CC12COCC1C2. The van der Waals surface area contributed by atoms with Gasteiger partial charge in [0.05, 0.1) is 26.1 Å². The van der Waals surface area contributed by atoms with Crippen LogP contribution in [-0.4, -0.2) is 34.5 Å². The van der Waals surface area contributed by atoms with Gasteiger partial charge in [-0.15, -0.1) is 0 Å². The Morgan fingerprint density at radius 1 is 1.67 bits per heavy atom. The molecule has 2 unspecified atom stereocenters. The molecule has 1 saturated carbocycles. The molecule has 0 bridgehead atoms. The van der Waals surface area contributed by atoms with E-state index in [0.29, 0.717) is 12.5 Å². The lowest BCUT2D eigenvalue weighted by Crippen LogP contribution is -2.21. The standard InChI is InChI=1S/C7H12O4S/c1-10-12(8,9)5-7-2-6(7)3-11-4-7/h6H,2-5H2,1H3. The Kier molecular flexibility index (Phi) is 1.72. The van der Waals surface area contributed by atoms with Crippen molar-refractivity contribution in [2.75, 3.05) is 26.1 Å². The molecule has 0 aromatic rings. The molecule has 0 spiro atoms. The smallest absolute Gasteiger partial charge is 0.267 e. The summed E-state index contributed by atoms with van der Waals surface area (Å²) in [6.07, 6.45) is 0.982. The lowest BCUT2D eigenvalue weighted by Gasteiger charge is -2.09. The number of ether oxygens (including phenoxy) is 1. The van der Waals surface area contributed by atoms with Gasteiger partial charge in [-0.2, -0.15) is 8.42 Å². The van der Waals surface area contributed by atoms with Crippen LogP contribution in [0.4, 0.5) is 0 Å². The van der Waals surface area contributed by atoms with Crippen LogP contribution >= 0.6 is 0 Å². The van der Waals surface area contributed by atoms with E-state index in [1.165, 1.54) is 7.11 Å². The molecule has 0 radical (unpaired) electrons. The van der Waals surface area contributed by atoms with Gasteiger partial charge in [-0.1, -0.05) is 0 Å².